The van der Waals surface area contributed by atoms with Gasteiger partial charge < -0.3 is 19.5 Å². The van der Waals surface area contributed by atoms with Crippen LogP contribution in [0, 0.1) is 5.92 Å². The molecule has 0 saturated heterocycles. The maximum Gasteiger partial charge on any atom is 0.338 e. The van der Waals surface area contributed by atoms with Gasteiger partial charge in [-0.2, -0.15) is 0 Å². The van der Waals surface area contributed by atoms with Crippen LogP contribution >= 0.6 is 0 Å². The van der Waals surface area contributed by atoms with Crippen LogP contribution in [0.25, 0.3) is 0 Å². The van der Waals surface area contributed by atoms with Crippen molar-refractivity contribution < 1.29 is 23.8 Å². The van der Waals surface area contributed by atoms with Crippen molar-refractivity contribution >= 4 is 11.9 Å². The van der Waals surface area contributed by atoms with Gasteiger partial charge in [0.2, 0.25) is 0 Å². The normalized spacial score (nSPS) is 19.5. The molecule has 1 amide bonds. The minimum Gasteiger partial charge on any atom is -0.490 e. The molecule has 1 aliphatic carbocycles. The number of hydrogen-bond acceptors (Lipinski definition) is 5. The van der Waals surface area contributed by atoms with Crippen LogP contribution in [0.1, 0.15) is 56.8 Å². The fraction of sp³-hybridized carbons (Fsp3) is 0.600. The highest BCUT2D eigenvalue weighted by molar-refractivity contribution is 5.92. The van der Waals surface area contributed by atoms with Gasteiger partial charge in [-0.15, -0.1) is 0 Å². The second-order valence-electron chi connectivity index (χ2n) is 6.54. The molecule has 6 nitrogen and oxygen atoms in total. The Hall–Kier alpha value is -2.24. The molecule has 0 heterocycles. The van der Waals surface area contributed by atoms with Crippen LogP contribution in [0.3, 0.4) is 0 Å². The number of rotatable bonds is 8. The van der Waals surface area contributed by atoms with Crippen molar-refractivity contribution in [2.45, 2.75) is 52.5 Å². The average molecular weight is 363 g/mol. The Kier molecular flexibility index (Phi) is 7.75. The number of carbonyl (C=O) groups is 2. The first kappa shape index (κ1) is 20.1. The van der Waals surface area contributed by atoms with Gasteiger partial charge in [-0.05, 0) is 50.8 Å². The van der Waals surface area contributed by atoms with Gasteiger partial charge in [-0.25, -0.2) is 4.79 Å². The molecule has 144 valence electrons. The third-order valence-corrected chi connectivity index (χ3v) is 4.57. The van der Waals surface area contributed by atoms with Crippen molar-refractivity contribution in [2.75, 3.05) is 19.8 Å². The molecule has 1 aromatic carbocycles. The topological polar surface area (TPSA) is 73.9 Å². The molecular formula is C20H29NO5. The number of nitrogens with one attached hydrogen (secondary N) is 1. The van der Waals surface area contributed by atoms with E-state index in [0.717, 1.165) is 19.3 Å². The van der Waals surface area contributed by atoms with Crippen LogP contribution in [0.5, 0.6) is 11.5 Å². The molecule has 0 aromatic heterocycles. The maximum atomic E-state index is 12.2. The number of benzene rings is 1. The minimum absolute atomic E-state index is 0.171. The van der Waals surface area contributed by atoms with E-state index in [-0.39, 0.29) is 18.6 Å². The molecule has 1 aliphatic rings. The second kappa shape index (κ2) is 10.0. The van der Waals surface area contributed by atoms with E-state index >= 15 is 0 Å². The predicted octanol–water partition coefficient (Wildman–Crippen LogP) is 3.34. The van der Waals surface area contributed by atoms with Crippen LogP contribution in [-0.2, 0) is 9.53 Å². The molecule has 2 atom stereocenters. The highest BCUT2D eigenvalue weighted by Crippen LogP contribution is 2.29. The van der Waals surface area contributed by atoms with Gasteiger partial charge in [0, 0.05) is 6.04 Å². The van der Waals surface area contributed by atoms with Gasteiger partial charge in [-0.3, -0.25) is 4.79 Å². The Morgan fingerprint density at radius 3 is 2.46 bits per heavy atom. The van der Waals surface area contributed by atoms with E-state index in [9.17, 15) is 9.59 Å². The lowest BCUT2D eigenvalue weighted by Gasteiger charge is -2.29. The monoisotopic (exact) mass is 363 g/mol. The molecule has 1 N–H and O–H groups in total. The quantitative estimate of drug-likeness (QED) is 0.717. The van der Waals surface area contributed by atoms with Crippen LogP contribution in [0.15, 0.2) is 18.2 Å². The summed E-state index contributed by atoms with van der Waals surface area (Å²) in [7, 11) is 0. The van der Waals surface area contributed by atoms with E-state index in [4.69, 9.17) is 14.2 Å². The number of hydrogen-bond donors (Lipinski definition) is 1. The van der Waals surface area contributed by atoms with Gasteiger partial charge in [0.05, 0.1) is 18.8 Å². The lowest BCUT2D eigenvalue weighted by molar-refractivity contribution is -0.125. The van der Waals surface area contributed by atoms with E-state index < -0.39 is 5.97 Å². The summed E-state index contributed by atoms with van der Waals surface area (Å²) in [5.41, 5.74) is 0.329. The lowest BCUT2D eigenvalue weighted by atomic mass is 9.86. The van der Waals surface area contributed by atoms with Crippen LogP contribution in [-0.4, -0.2) is 37.7 Å². The first-order valence-corrected chi connectivity index (χ1v) is 9.41. The van der Waals surface area contributed by atoms with Crippen molar-refractivity contribution in [1.82, 2.24) is 5.32 Å². The van der Waals surface area contributed by atoms with E-state index in [1.807, 2.05) is 13.8 Å². The fourth-order valence-corrected chi connectivity index (χ4v) is 3.17. The summed E-state index contributed by atoms with van der Waals surface area (Å²) >= 11 is 0. The third-order valence-electron chi connectivity index (χ3n) is 4.57. The van der Waals surface area contributed by atoms with Crippen LogP contribution in [0.4, 0.5) is 0 Å². The molecule has 1 aromatic rings. The van der Waals surface area contributed by atoms with Gasteiger partial charge >= 0.3 is 5.97 Å². The number of amides is 1. The Morgan fingerprint density at radius 2 is 1.77 bits per heavy atom. The molecule has 0 bridgehead atoms. The summed E-state index contributed by atoms with van der Waals surface area (Å²) in [5, 5.41) is 2.97. The van der Waals surface area contributed by atoms with Crippen molar-refractivity contribution in [2.24, 2.45) is 5.92 Å². The highest BCUT2D eigenvalue weighted by atomic mass is 16.5. The maximum absolute atomic E-state index is 12.2. The minimum atomic E-state index is -0.555. The Labute approximate surface area is 155 Å². The summed E-state index contributed by atoms with van der Waals surface area (Å²) in [6, 6.07) is 5.04. The van der Waals surface area contributed by atoms with Crippen molar-refractivity contribution in [3.8, 4) is 11.5 Å². The lowest BCUT2D eigenvalue weighted by Crippen LogP contribution is -2.42. The number of esters is 1. The second-order valence-corrected chi connectivity index (χ2v) is 6.54. The highest BCUT2D eigenvalue weighted by Gasteiger charge is 2.23. The van der Waals surface area contributed by atoms with E-state index in [2.05, 4.69) is 12.2 Å². The SMILES string of the molecule is CCOc1ccc(C(=O)OCC(=O)NC2CCCCC2C)cc1OCC. The molecule has 1 fully saturated rings. The molecule has 0 radical (unpaired) electrons. The third kappa shape index (κ3) is 5.64. The first-order valence-electron chi connectivity index (χ1n) is 9.41. The first-order chi connectivity index (χ1) is 12.5. The number of carbonyl (C=O) groups excluding carboxylic acids is 2. The summed E-state index contributed by atoms with van der Waals surface area (Å²) < 4.78 is 16.1. The number of ether oxygens (including phenoxy) is 3. The molecular weight excluding hydrogens is 334 g/mol. The van der Waals surface area contributed by atoms with Crippen LogP contribution in [0.2, 0.25) is 0 Å². The van der Waals surface area contributed by atoms with E-state index in [1.54, 1.807) is 18.2 Å². The van der Waals surface area contributed by atoms with Crippen molar-refractivity contribution in [1.29, 1.82) is 0 Å². The van der Waals surface area contributed by atoms with Crippen LogP contribution < -0.4 is 14.8 Å². The standard InChI is InChI=1S/C20H29NO5/c1-4-24-17-11-10-15(12-18(17)25-5-2)20(23)26-13-19(22)21-16-9-7-6-8-14(16)3/h10-12,14,16H,4-9,13H2,1-3H3,(H,21,22). The van der Waals surface area contributed by atoms with E-state index in [0.29, 0.717) is 36.2 Å². The molecule has 0 spiro atoms. The molecule has 6 heteroatoms. The van der Waals surface area contributed by atoms with Gasteiger partial charge in [0.25, 0.3) is 5.91 Å². The Bertz CT molecular complexity index is 616. The fourth-order valence-electron chi connectivity index (χ4n) is 3.17. The smallest absolute Gasteiger partial charge is 0.338 e. The average Bonchev–Trinajstić information content (AvgIpc) is 2.63. The molecule has 26 heavy (non-hydrogen) atoms. The van der Waals surface area contributed by atoms with Crippen molar-refractivity contribution in [3.63, 3.8) is 0 Å². The van der Waals surface area contributed by atoms with Crippen molar-refractivity contribution in [3.05, 3.63) is 23.8 Å². The van der Waals surface area contributed by atoms with Gasteiger partial charge in [0.15, 0.2) is 18.1 Å². The zero-order chi connectivity index (χ0) is 18.9. The molecule has 0 aliphatic heterocycles. The largest absolute Gasteiger partial charge is 0.490 e. The zero-order valence-electron chi connectivity index (χ0n) is 15.9. The molecule has 2 unspecified atom stereocenters. The van der Waals surface area contributed by atoms with Gasteiger partial charge in [0.1, 0.15) is 0 Å². The zero-order valence-corrected chi connectivity index (χ0v) is 15.9. The summed E-state index contributed by atoms with van der Waals surface area (Å²) in [6.45, 7) is 6.57. The summed E-state index contributed by atoms with van der Waals surface area (Å²) in [6.07, 6.45) is 4.44. The Balaban J connectivity index is 1.90. The van der Waals surface area contributed by atoms with E-state index in [1.165, 1.54) is 6.42 Å². The summed E-state index contributed by atoms with van der Waals surface area (Å²) in [5.74, 6) is 0.719. The Morgan fingerprint density at radius 1 is 1.08 bits per heavy atom. The summed E-state index contributed by atoms with van der Waals surface area (Å²) in [4.78, 5) is 24.3. The van der Waals surface area contributed by atoms with Gasteiger partial charge in [-0.1, -0.05) is 19.8 Å². The predicted molar refractivity (Wildman–Crippen MR) is 98.6 cm³/mol. The molecule has 2 rings (SSSR count). The molecule has 1 saturated carbocycles.